The van der Waals surface area contributed by atoms with E-state index in [1.165, 1.54) is 0 Å². The van der Waals surface area contributed by atoms with Crippen LogP contribution in [0.1, 0.15) is 33.6 Å². The molecule has 2 fully saturated rings. The van der Waals surface area contributed by atoms with Gasteiger partial charge in [0.25, 0.3) is 0 Å². The van der Waals surface area contributed by atoms with E-state index in [4.69, 9.17) is 9.47 Å². The summed E-state index contributed by atoms with van der Waals surface area (Å²) in [6, 6.07) is -0.152. The lowest BCUT2D eigenvalue weighted by atomic mass is 10.1. The Labute approximate surface area is 138 Å². The molecule has 2 rings (SSSR count). The zero-order valence-corrected chi connectivity index (χ0v) is 15.2. The monoisotopic (exact) mass is 348 g/mol. The van der Waals surface area contributed by atoms with Gasteiger partial charge in [0, 0.05) is 19.7 Å². The van der Waals surface area contributed by atoms with E-state index in [9.17, 15) is 13.2 Å². The molecule has 23 heavy (non-hydrogen) atoms. The van der Waals surface area contributed by atoms with Crippen molar-refractivity contribution in [3.05, 3.63) is 0 Å². The number of likely N-dealkylation sites (tertiary alicyclic amines) is 1. The molecule has 8 heteroatoms. The van der Waals surface area contributed by atoms with Gasteiger partial charge in [-0.05, 0) is 33.6 Å². The fourth-order valence-electron chi connectivity index (χ4n) is 3.11. The van der Waals surface area contributed by atoms with Crippen molar-refractivity contribution in [2.45, 2.75) is 57.4 Å². The maximum atomic E-state index is 12.2. The van der Waals surface area contributed by atoms with E-state index in [0.717, 1.165) is 6.42 Å². The molecule has 0 aromatic rings. The molecule has 0 bridgehead atoms. The molecule has 0 aromatic heterocycles. The molecule has 1 N–H and O–H groups in total. The predicted molar refractivity (Wildman–Crippen MR) is 87.2 cm³/mol. The molecule has 134 valence electrons. The number of sulfone groups is 1. The number of nitrogens with one attached hydrogen (secondary N) is 1. The second-order valence-electron chi connectivity index (χ2n) is 7.39. The van der Waals surface area contributed by atoms with Crippen LogP contribution in [0.4, 0.5) is 4.79 Å². The van der Waals surface area contributed by atoms with Crippen molar-refractivity contribution in [1.29, 1.82) is 0 Å². The van der Waals surface area contributed by atoms with E-state index in [2.05, 4.69) is 5.32 Å². The standard InChI is InChI=1S/C15H28N2O5S/c1-15(2,3)22-14(18)17-8-12(13(9-17)21-4)16-11-6-5-7-23(19,20)10-11/h11-13,16H,5-10H2,1-4H3/t11?,12?,13-/m0/s1. The Morgan fingerprint density at radius 1 is 1.26 bits per heavy atom. The van der Waals surface area contributed by atoms with Gasteiger partial charge in [-0.25, -0.2) is 13.2 Å². The van der Waals surface area contributed by atoms with Gasteiger partial charge < -0.3 is 19.7 Å². The molecule has 0 radical (unpaired) electrons. The summed E-state index contributed by atoms with van der Waals surface area (Å²) in [7, 11) is -1.35. The summed E-state index contributed by atoms with van der Waals surface area (Å²) in [6.45, 7) is 6.40. The molecule has 0 spiro atoms. The molecule has 3 atom stereocenters. The van der Waals surface area contributed by atoms with Gasteiger partial charge in [-0.2, -0.15) is 0 Å². The van der Waals surface area contributed by atoms with Gasteiger partial charge in [0.05, 0.1) is 30.2 Å². The maximum absolute atomic E-state index is 12.2. The highest BCUT2D eigenvalue weighted by Gasteiger charge is 2.39. The Hall–Kier alpha value is -0.860. The van der Waals surface area contributed by atoms with Gasteiger partial charge in [0.1, 0.15) is 5.60 Å². The molecular weight excluding hydrogens is 320 g/mol. The quantitative estimate of drug-likeness (QED) is 0.812. The fraction of sp³-hybridized carbons (Fsp3) is 0.933. The molecule has 2 aliphatic heterocycles. The van der Waals surface area contributed by atoms with Gasteiger partial charge in [-0.3, -0.25) is 0 Å². The first-order chi connectivity index (χ1) is 10.6. The van der Waals surface area contributed by atoms with E-state index in [1.807, 2.05) is 20.8 Å². The summed E-state index contributed by atoms with van der Waals surface area (Å²) >= 11 is 0. The zero-order chi connectivity index (χ0) is 17.3. The first-order valence-electron chi connectivity index (χ1n) is 8.07. The normalized spacial score (nSPS) is 31.1. The summed E-state index contributed by atoms with van der Waals surface area (Å²) in [5.74, 6) is 0.431. The minimum atomic E-state index is -2.96. The van der Waals surface area contributed by atoms with Crippen LogP contribution in [0.25, 0.3) is 0 Å². The first kappa shape index (κ1) is 18.5. The molecule has 2 aliphatic rings. The fourth-order valence-corrected chi connectivity index (χ4v) is 4.75. The SMILES string of the molecule is CO[C@H]1CN(C(=O)OC(C)(C)C)CC1NC1CCCS(=O)(=O)C1. The molecule has 7 nitrogen and oxygen atoms in total. The number of ether oxygens (including phenoxy) is 2. The summed E-state index contributed by atoms with van der Waals surface area (Å²) in [5, 5.41) is 3.37. The highest BCUT2D eigenvalue weighted by atomic mass is 32.2. The number of carbonyl (C=O) groups is 1. The molecular formula is C15H28N2O5S. The second kappa shape index (κ2) is 6.94. The minimum absolute atomic E-state index is 0.0741. The van der Waals surface area contributed by atoms with Crippen molar-refractivity contribution in [3.63, 3.8) is 0 Å². The molecule has 2 unspecified atom stereocenters. The summed E-state index contributed by atoms with van der Waals surface area (Å²) in [5.41, 5.74) is -0.539. The lowest BCUT2D eigenvalue weighted by molar-refractivity contribution is 0.0252. The van der Waals surface area contributed by atoms with Crippen LogP contribution in [0.5, 0.6) is 0 Å². The van der Waals surface area contributed by atoms with E-state index in [-0.39, 0.29) is 35.8 Å². The first-order valence-corrected chi connectivity index (χ1v) is 9.89. The topological polar surface area (TPSA) is 84.9 Å². The van der Waals surface area contributed by atoms with E-state index < -0.39 is 15.4 Å². The number of rotatable bonds is 3. The molecule has 0 aromatic carbocycles. The third kappa shape index (κ3) is 5.32. The van der Waals surface area contributed by atoms with Crippen LogP contribution in [0, 0.1) is 0 Å². The van der Waals surface area contributed by atoms with Crippen molar-refractivity contribution in [2.24, 2.45) is 0 Å². The molecule has 2 saturated heterocycles. The molecule has 0 saturated carbocycles. The Morgan fingerprint density at radius 2 is 1.96 bits per heavy atom. The highest BCUT2D eigenvalue weighted by Crippen LogP contribution is 2.20. The molecule has 1 amide bonds. The molecule has 2 heterocycles. The Balaban J connectivity index is 1.95. The third-order valence-corrected chi connectivity index (χ3v) is 5.95. The van der Waals surface area contributed by atoms with Crippen LogP contribution in [0.2, 0.25) is 0 Å². The van der Waals surface area contributed by atoms with Crippen LogP contribution in [0.3, 0.4) is 0 Å². The number of methoxy groups -OCH3 is 1. The third-order valence-electron chi connectivity index (χ3n) is 4.13. The minimum Gasteiger partial charge on any atom is -0.444 e. The van der Waals surface area contributed by atoms with Crippen LogP contribution in [-0.4, -0.2) is 74.9 Å². The maximum Gasteiger partial charge on any atom is 0.410 e. The van der Waals surface area contributed by atoms with Crippen LogP contribution < -0.4 is 5.32 Å². The van der Waals surface area contributed by atoms with Crippen LogP contribution >= 0.6 is 0 Å². The van der Waals surface area contributed by atoms with Crippen molar-refractivity contribution >= 4 is 15.9 Å². The number of carbonyl (C=O) groups excluding carboxylic acids is 1. The van der Waals surface area contributed by atoms with Crippen LogP contribution in [0.15, 0.2) is 0 Å². The Kier molecular flexibility index (Phi) is 5.58. The lowest BCUT2D eigenvalue weighted by Gasteiger charge is -2.28. The summed E-state index contributed by atoms with van der Waals surface area (Å²) in [4.78, 5) is 13.8. The number of nitrogens with zero attached hydrogens (tertiary/aromatic N) is 1. The van der Waals surface area contributed by atoms with Crippen molar-refractivity contribution < 1.29 is 22.7 Å². The van der Waals surface area contributed by atoms with Gasteiger partial charge in [0.15, 0.2) is 9.84 Å². The van der Waals surface area contributed by atoms with Gasteiger partial charge in [-0.15, -0.1) is 0 Å². The van der Waals surface area contributed by atoms with Crippen molar-refractivity contribution in [2.75, 3.05) is 31.7 Å². The molecule has 0 aliphatic carbocycles. The predicted octanol–water partition coefficient (Wildman–Crippen LogP) is 0.788. The zero-order valence-electron chi connectivity index (χ0n) is 14.4. The second-order valence-corrected chi connectivity index (χ2v) is 9.61. The number of hydrogen-bond donors (Lipinski definition) is 1. The van der Waals surface area contributed by atoms with Crippen molar-refractivity contribution in [1.82, 2.24) is 10.2 Å². The van der Waals surface area contributed by atoms with Crippen molar-refractivity contribution in [3.8, 4) is 0 Å². The van der Waals surface area contributed by atoms with E-state index >= 15 is 0 Å². The van der Waals surface area contributed by atoms with E-state index in [0.29, 0.717) is 19.5 Å². The largest absolute Gasteiger partial charge is 0.444 e. The highest BCUT2D eigenvalue weighted by molar-refractivity contribution is 7.91. The van der Waals surface area contributed by atoms with Gasteiger partial charge >= 0.3 is 6.09 Å². The number of amides is 1. The number of hydrogen-bond acceptors (Lipinski definition) is 6. The Bertz CT molecular complexity index is 528. The Morgan fingerprint density at radius 3 is 2.52 bits per heavy atom. The van der Waals surface area contributed by atoms with Crippen LogP contribution in [-0.2, 0) is 19.3 Å². The average molecular weight is 348 g/mol. The summed E-state index contributed by atoms with van der Waals surface area (Å²) < 4.78 is 34.4. The average Bonchev–Trinajstić information content (AvgIpc) is 2.78. The van der Waals surface area contributed by atoms with E-state index in [1.54, 1.807) is 12.0 Å². The summed E-state index contributed by atoms with van der Waals surface area (Å²) in [6.07, 6.45) is 0.992. The lowest BCUT2D eigenvalue weighted by Crippen LogP contribution is -2.50. The van der Waals surface area contributed by atoms with Gasteiger partial charge in [-0.1, -0.05) is 0 Å². The smallest absolute Gasteiger partial charge is 0.410 e. The van der Waals surface area contributed by atoms with Gasteiger partial charge in [0.2, 0.25) is 0 Å².